The molecule has 2 heterocycles. The Kier molecular flexibility index (Phi) is 3.48. The van der Waals surface area contributed by atoms with Crippen molar-refractivity contribution in [3.63, 3.8) is 0 Å². The van der Waals surface area contributed by atoms with Crippen LogP contribution in [0.2, 0.25) is 10.0 Å². The molecule has 0 spiro atoms. The van der Waals surface area contributed by atoms with Gasteiger partial charge >= 0.3 is 5.97 Å². The average Bonchev–Trinajstić information content (AvgIpc) is 2.95. The molecule has 1 N–H and O–H groups in total. The quantitative estimate of drug-likeness (QED) is 0.733. The topological polar surface area (TPSA) is 64.3 Å². The summed E-state index contributed by atoms with van der Waals surface area (Å²) >= 11 is 12.0. The van der Waals surface area contributed by atoms with Crippen molar-refractivity contribution < 1.29 is 14.6 Å². The van der Waals surface area contributed by atoms with E-state index in [1.165, 1.54) is 0 Å². The van der Waals surface area contributed by atoms with Crippen molar-refractivity contribution in [2.24, 2.45) is 0 Å². The van der Waals surface area contributed by atoms with Crippen molar-refractivity contribution in [2.45, 2.75) is 6.61 Å². The Morgan fingerprint density at radius 1 is 1.12 bits per heavy atom. The van der Waals surface area contributed by atoms with E-state index in [4.69, 9.17) is 27.9 Å². The molecule has 24 heavy (non-hydrogen) atoms. The molecule has 120 valence electrons. The molecule has 0 amide bonds. The minimum atomic E-state index is -1.10. The zero-order valence-corrected chi connectivity index (χ0v) is 13.7. The molecule has 0 fully saturated rings. The lowest BCUT2D eigenvalue weighted by Gasteiger charge is -2.19. The third kappa shape index (κ3) is 2.33. The maximum atomic E-state index is 11.6. The summed E-state index contributed by atoms with van der Waals surface area (Å²) in [5.41, 5.74) is 2.65. The van der Waals surface area contributed by atoms with Crippen molar-refractivity contribution in [3.05, 3.63) is 63.8 Å². The average molecular weight is 361 g/mol. The van der Waals surface area contributed by atoms with Crippen molar-refractivity contribution in [1.29, 1.82) is 0 Å². The molecule has 1 aliphatic heterocycles. The highest BCUT2D eigenvalue weighted by Crippen LogP contribution is 2.41. The van der Waals surface area contributed by atoms with E-state index in [-0.39, 0.29) is 12.3 Å². The fourth-order valence-electron chi connectivity index (χ4n) is 2.77. The van der Waals surface area contributed by atoms with Crippen molar-refractivity contribution in [2.75, 3.05) is 0 Å². The highest BCUT2D eigenvalue weighted by Gasteiger charge is 2.30. The number of benzene rings is 2. The number of halogens is 2. The molecule has 4 rings (SSSR count). The van der Waals surface area contributed by atoms with Crippen LogP contribution in [-0.4, -0.2) is 20.9 Å². The van der Waals surface area contributed by atoms with E-state index >= 15 is 0 Å². The standard InChI is InChI=1S/C17H10Cl2N2O3/c18-9-1-4-11(5-2-9)21-16-12-6-3-10(19)7-14(12)24-8-13(16)15(20-21)17(22)23/h1-7H,8H2,(H,22,23). The first-order valence-electron chi connectivity index (χ1n) is 7.08. The molecule has 0 saturated heterocycles. The van der Waals surface area contributed by atoms with Crippen LogP contribution < -0.4 is 4.74 Å². The number of ether oxygens (including phenoxy) is 1. The molecule has 1 aromatic heterocycles. The van der Waals surface area contributed by atoms with Gasteiger partial charge in [0.15, 0.2) is 5.69 Å². The number of fused-ring (bicyclic) bond motifs is 3. The summed E-state index contributed by atoms with van der Waals surface area (Å²) in [5, 5.41) is 14.9. The summed E-state index contributed by atoms with van der Waals surface area (Å²) < 4.78 is 7.27. The number of aromatic nitrogens is 2. The summed E-state index contributed by atoms with van der Waals surface area (Å²) in [7, 11) is 0. The number of carbonyl (C=O) groups is 1. The number of hydrogen-bond acceptors (Lipinski definition) is 3. The van der Waals surface area contributed by atoms with Gasteiger partial charge in [-0.15, -0.1) is 0 Å². The summed E-state index contributed by atoms with van der Waals surface area (Å²) in [6.07, 6.45) is 0. The van der Waals surface area contributed by atoms with Crippen molar-refractivity contribution in [1.82, 2.24) is 9.78 Å². The Balaban J connectivity index is 2.01. The lowest BCUT2D eigenvalue weighted by atomic mass is 10.0. The van der Waals surface area contributed by atoms with Crippen LogP contribution in [0, 0.1) is 0 Å². The van der Waals surface area contributed by atoms with Crippen molar-refractivity contribution >= 4 is 29.2 Å². The normalized spacial score (nSPS) is 12.2. The first-order valence-corrected chi connectivity index (χ1v) is 7.84. The first kappa shape index (κ1) is 15.1. The maximum Gasteiger partial charge on any atom is 0.356 e. The van der Waals surface area contributed by atoms with E-state index in [0.717, 1.165) is 5.56 Å². The van der Waals surface area contributed by atoms with Gasteiger partial charge in [0.1, 0.15) is 12.4 Å². The lowest BCUT2D eigenvalue weighted by Crippen LogP contribution is -2.09. The second-order valence-electron chi connectivity index (χ2n) is 5.30. The van der Waals surface area contributed by atoms with Gasteiger partial charge in [-0.3, -0.25) is 0 Å². The van der Waals surface area contributed by atoms with E-state index < -0.39 is 5.97 Å². The third-order valence-corrected chi connectivity index (χ3v) is 4.32. The van der Waals surface area contributed by atoms with Crippen LogP contribution >= 0.6 is 23.2 Å². The van der Waals surface area contributed by atoms with Gasteiger partial charge < -0.3 is 9.84 Å². The smallest absolute Gasteiger partial charge is 0.356 e. The number of aromatic carboxylic acids is 1. The molecule has 2 aromatic carbocycles. The Morgan fingerprint density at radius 2 is 1.83 bits per heavy atom. The van der Waals surface area contributed by atoms with Crippen LogP contribution in [-0.2, 0) is 6.61 Å². The molecule has 0 bridgehead atoms. The molecule has 5 nitrogen and oxygen atoms in total. The van der Waals surface area contributed by atoms with Gasteiger partial charge in [-0.05, 0) is 42.5 Å². The van der Waals surface area contributed by atoms with Crippen LogP contribution in [0.25, 0.3) is 16.9 Å². The van der Waals surface area contributed by atoms with Crippen LogP contribution in [0.1, 0.15) is 16.1 Å². The van der Waals surface area contributed by atoms with Crippen LogP contribution in [0.5, 0.6) is 5.75 Å². The molecular formula is C17H10Cl2N2O3. The molecule has 0 unspecified atom stereocenters. The fraction of sp³-hybridized carbons (Fsp3) is 0.0588. The van der Waals surface area contributed by atoms with Gasteiger partial charge in [-0.2, -0.15) is 5.10 Å². The largest absolute Gasteiger partial charge is 0.488 e. The second-order valence-corrected chi connectivity index (χ2v) is 6.17. The molecule has 7 heteroatoms. The van der Waals surface area contributed by atoms with Gasteiger partial charge in [0.25, 0.3) is 0 Å². The number of carboxylic acid groups (broad SMARTS) is 1. The molecular weight excluding hydrogens is 351 g/mol. The molecule has 0 saturated carbocycles. The van der Waals surface area contributed by atoms with Gasteiger partial charge in [-0.1, -0.05) is 23.2 Å². The summed E-state index contributed by atoms with van der Waals surface area (Å²) in [5.74, 6) is -0.498. The summed E-state index contributed by atoms with van der Waals surface area (Å²) in [6, 6.07) is 12.3. The van der Waals surface area contributed by atoms with E-state index in [1.807, 2.05) is 0 Å². The minimum absolute atomic E-state index is 0.0273. The van der Waals surface area contributed by atoms with E-state index in [0.29, 0.717) is 32.7 Å². The number of rotatable bonds is 2. The first-order chi connectivity index (χ1) is 11.5. The SMILES string of the molecule is O=C(O)c1nn(-c2ccc(Cl)cc2)c2c1COc1cc(Cl)ccc1-2. The summed E-state index contributed by atoms with van der Waals surface area (Å²) in [6.45, 7) is 0.123. The highest BCUT2D eigenvalue weighted by atomic mass is 35.5. The van der Waals surface area contributed by atoms with Gasteiger partial charge in [0.05, 0.1) is 16.9 Å². The Labute approximate surface area is 147 Å². The molecule has 0 aliphatic carbocycles. The Bertz CT molecular complexity index is 965. The molecule has 3 aromatic rings. The van der Waals surface area contributed by atoms with Gasteiger partial charge in [-0.25, -0.2) is 9.48 Å². The fourth-order valence-corrected chi connectivity index (χ4v) is 3.05. The number of hydrogen-bond donors (Lipinski definition) is 1. The van der Waals surface area contributed by atoms with Gasteiger partial charge in [0.2, 0.25) is 0 Å². The third-order valence-electron chi connectivity index (χ3n) is 3.83. The maximum absolute atomic E-state index is 11.6. The minimum Gasteiger partial charge on any atom is -0.488 e. The van der Waals surface area contributed by atoms with E-state index in [2.05, 4.69) is 5.10 Å². The van der Waals surface area contributed by atoms with Crippen LogP contribution in [0.4, 0.5) is 0 Å². The second kappa shape index (κ2) is 5.54. The Hall–Kier alpha value is -2.50. The zero-order chi connectivity index (χ0) is 16.8. The van der Waals surface area contributed by atoms with Gasteiger partial charge in [0, 0.05) is 15.6 Å². The summed E-state index contributed by atoms with van der Waals surface area (Å²) in [4.78, 5) is 11.6. The highest BCUT2D eigenvalue weighted by molar-refractivity contribution is 6.31. The predicted molar refractivity (Wildman–Crippen MR) is 90.3 cm³/mol. The monoisotopic (exact) mass is 360 g/mol. The molecule has 0 atom stereocenters. The lowest BCUT2D eigenvalue weighted by molar-refractivity contribution is 0.0687. The number of carboxylic acids is 1. The van der Waals surface area contributed by atoms with Crippen molar-refractivity contribution in [3.8, 4) is 22.7 Å². The van der Waals surface area contributed by atoms with E-state index in [1.54, 1.807) is 47.1 Å². The molecule has 0 radical (unpaired) electrons. The van der Waals surface area contributed by atoms with Crippen LogP contribution in [0.15, 0.2) is 42.5 Å². The zero-order valence-electron chi connectivity index (χ0n) is 12.2. The Morgan fingerprint density at radius 3 is 2.54 bits per heavy atom. The van der Waals surface area contributed by atoms with E-state index in [9.17, 15) is 9.90 Å². The predicted octanol–water partition coefficient (Wildman–Crippen LogP) is 4.44. The number of nitrogens with zero attached hydrogens (tertiary/aromatic N) is 2. The molecule has 1 aliphatic rings. The van der Waals surface area contributed by atoms with Crippen LogP contribution in [0.3, 0.4) is 0 Å².